The molecule has 1 amide bonds. The Hall–Kier alpha value is -2.70. The molecule has 0 radical (unpaired) electrons. The van der Waals surface area contributed by atoms with Crippen LogP contribution in [0.2, 0.25) is 0 Å². The fraction of sp³-hybridized carbons (Fsp3) is 0.200. The Morgan fingerprint density at radius 1 is 1.19 bits per heavy atom. The molecule has 26 heavy (non-hydrogen) atoms. The van der Waals surface area contributed by atoms with Crippen LogP contribution in [-0.2, 0) is 0 Å². The second kappa shape index (κ2) is 6.90. The first-order valence-corrected chi connectivity index (χ1v) is 9.22. The Balaban J connectivity index is 1.52. The van der Waals surface area contributed by atoms with Crippen molar-refractivity contribution in [1.82, 2.24) is 15.2 Å². The van der Waals surface area contributed by atoms with Gasteiger partial charge in [-0.1, -0.05) is 30.3 Å². The average Bonchev–Trinajstić information content (AvgIpc) is 3.25. The Labute approximate surface area is 155 Å². The van der Waals surface area contributed by atoms with Crippen LogP contribution < -0.4 is 5.32 Å². The number of nitrogens with one attached hydrogen (secondary N) is 1. The molecule has 4 aromatic rings. The van der Waals surface area contributed by atoms with Gasteiger partial charge in [-0.3, -0.25) is 9.69 Å². The first-order chi connectivity index (χ1) is 12.6. The maximum atomic E-state index is 12.5. The van der Waals surface area contributed by atoms with Gasteiger partial charge in [-0.15, -0.1) is 11.3 Å². The average molecular weight is 365 g/mol. The summed E-state index contributed by atoms with van der Waals surface area (Å²) < 4.78 is 6.98. The van der Waals surface area contributed by atoms with Crippen LogP contribution in [0.15, 0.2) is 59.0 Å². The highest BCUT2D eigenvalue weighted by molar-refractivity contribution is 7.20. The van der Waals surface area contributed by atoms with E-state index < -0.39 is 0 Å². The molecule has 4 rings (SSSR count). The largest absolute Gasteiger partial charge is 0.459 e. The summed E-state index contributed by atoms with van der Waals surface area (Å²) in [6, 6.07) is 17.7. The lowest BCUT2D eigenvalue weighted by Crippen LogP contribution is -2.34. The van der Waals surface area contributed by atoms with Crippen molar-refractivity contribution in [3.05, 3.63) is 65.4 Å². The third kappa shape index (κ3) is 3.21. The number of thiazole rings is 1. The lowest BCUT2D eigenvalue weighted by molar-refractivity contribution is 0.0939. The number of rotatable bonds is 5. The number of fused-ring (bicyclic) bond motifs is 2. The number of carbonyl (C=O) groups excluding carboxylic acids is 1. The van der Waals surface area contributed by atoms with Gasteiger partial charge in [0.05, 0.1) is 16.3 Å². The number of para-hydroxylation sites is 2. The second-order valence-corrected chi connectivity index (χ2v) is 7.39. The SMILES string of the molecule is CN(C)C(CNC(=O)c1nc2ccccc2s1)c1cc2ccccc2o1. The van der Waals surface area contributed by atoms with Gasteiger partial charge in [-0.25, -0.2) is 4.98 Å². The minimum atomic E-state index is -0.158. The predicted octanol–water partition coefficient (Wildman–Crippen LogP) is 4.08. The van der Waals surface area contributed by atoms with Crippen LogP contribution in [0.4, 0.5) is 0 Å². The summed E-state index contributed by atoms with van der Waals surface area (Å²) >= 11 is 1.40. The number of benzene rings is 2. The number of carbonyl (C=O) groups is 1. The molecule has 0 aliphatic heterocycles. The van der Waals surface area contributed by atoms with Crippen LogP contribution >= 0.6 is 11.3 Å². The molecule has 0 fully saturated rings. The van der Waals surface area contributed by atoms with Gasteiger partial charge in [-0.2, -0.15) is 0 Å². The van der Waals surface area contributed by atoms with E-state index in [1.165, 1.54) is 11.3 Å². The summed E-state index contributed by atoms with van der Waals surface area (Å²) in [6.45, 7) is 0.446. The summed E-state index contributed by atoms with van der Waals surface area (Å²) in [5.41, 5.74) is 1.70. The molecule has 2 aromatic heterocycles. The van der Waals surface area contributed by atoms with Crippen molar-refractivity contribution in [2.75, 3.05) is 20.6 Å². The van der Waals surface area contributed by atoms with Crippen LogP contribution in [0.5, 0.6) is 0 Å². The molecule has 1 unspecified atom stereocenters. The Kier molecular flexibility index (Phi) is 4.44. The number of hydrogen-bond donors (Lipinski definition) is 1. The molecule has 132 valence electrons. The van der Waals surface area contributed by atoms with E-state index >= 15 is 0 Å². The smallest absolute Gasteiger partial charge is 0.280 e. The molecule has 1 N–H and O–H groups in total. The Morgan fingerprint density at radius 3 is 2.73 bits per heavy atom. The zero-order valence-corrected chi connectivity index (χ0v) is 15.4. The standard InChI is InChI=1S/C20H19N3O2S/c1-23(2)15(17-11-13-7-3-5-9-16(13)25-17)12-21-19(24)20-22-14-8-4-6-10-18(14)26-20/h3-11,15H,12H2,1-2H3,(H,21,24). The molecule has 2 aromatic carbocycles. The Bertz CT molecular complexity index is 1000. The van der Waals surface area contributed by atoms with Gasteiger partial charge in [-0.05, 0) is 38.4 Å². The zero-order chi connectivity index (χ0) is 18.1. The van der Waals surface area contributed by atoms with E-state index in [1.807, 2.05) is 73.6 Å². The first kappa shape index (κ1) is 16.8. The Morgan fingerprint density at radius 2 is 1.96 bits per heavy atom. The van der Waals surface area contributed by atoms with E-state index in [2.05, 4.69) is 10.3 Å². The van der Waals surface area contributed by atoms with E-state index in [0.29, 0.717) is 11.6 Å². The molecular weight excluding hydrogens is 346 g/mol. The van der Waals surface area contributed by atoms with Crippen molar-refractivity contribution in [2.45, 2.75) is 6.04 Å². The fourth-order valence-electron chi connectivity index (χ4n) is 2.94. The number of furan rings is 1. The number of nitrogens with zero attached hydrogens (tertiary/aromatic N) is 2. The van der Waals surface area contributed by atoms with Crippen molar-refractivity contribution in [3.63, 3.8) is 0 Å². The molecular formula is C20H19N3O2S. The highest BCUT2D eigenvalue weighted by Gasteiger charge is 2.21. The minimum Gasteiger partial charge on any atom is -0.459 e. The topological polar surface area (TPSA) is 58.4 Å². The maximum absolute atomic E-state index is 12.5. The van der Waals surface area contributed by atoms with Gasteiger partial charge >= 0.3 is 0 Å². The van der Waals surface area contributed by atoms with Crippen LogP contribution in [0.1, 0.15) is 21.6 Å². The number of aromatic nitrogens is 1. The zero-order valence-electron chi connectivity index (χ0n) is 14.6. The van der Waals surface area contributed by atoms with Gasteiger partial charge in [0.1, 0.15) is 11.3 Å². The van der Waals surface area contributed by atoms with Crippen LogP contribution in [0.25, 0.3) is 21.2 Å². The van der Waals surface area contributed by atoms with Crippen LogP contribution in [0, 0.1) is 0 Å². The van der Waals surface area contributed by atoms with E-state index in [0.717, 1.165) is 26.9 Å². The summed E-state index contributed by atoms with van der Waals surface area (Å²) in [5, 5.41) is 4.53. The van der Waals surface area contributed by atoms with Crippen molar-refractivity contribution in [2.24, 2.45) is 0 Å². The molecule has 1 atom stereocenters. The first-order valence-electron chi connectivity index (χ1n) is 8.40. The number of likely N-dealkylation sites (N-methyl/N-ethyl adjacent to an activating group) is 1. The van der Waals surface area contributed by atoms with Crippen molar-refractivity contribution in [1.29, 1.82) is 0 Å². The molecule has 0 bridgehead atoms. The quantitative estimate of drug-likeness (QED) is 0.579. The highest BCUT2D eigenvalue weighted by Crippen LogP contribution is 2.26. The van der Waals surface area contributed by atoms with Crippen molar-refractivity contribution < 1.29 is 9.21 Å². The second-order valence-electron chi connectivity index (χ2n) is 6.36. The lowest BCUT2D eigenvalue weighted by atomic mass is 10.2. The van der Waals surface area contributed by atoms with E-state index in [-0.39, 0.29) is 11.9 Å². The monoisotopic (exact) mass is 365 g/mol. The van der Waals surface area contributed by atoms with E-state index in [4.69, 9.17) is 4.42 Å². The lowest BCUT2D eigenvalue weighted by Gasteiger charge is -2.22. The highest BCUT2D eigenvalue weighted by atomic mass is 32.1. The van der Waals surface area contributed by atoms with Crippen LogP contribution in [-0.4, -0.2) is 36.4 Å². The summed E-state index contributed by atoms with van der Waals surface area (Å²) in [4.78, 5) is 19.0. The molecule has 2 heterocycles. The van der Waals surface area contributed by atoms with E-state index in [1.54, 1.807) is 0 Å². The van der Waals surface area contributed by atoms with E-state index in [9.17, 15) is 4.79 Å². The predicted molar refractivity (Wildman–Crippen MR) is 105 cm³/mol. The van der Waals surface area contributed by atoms with Crippen molar-refractivity contribution >= 4 is 38.4 Å². The van der Waals surface area contributed by atoms with Gasteiger partial charge in [0.2, 0.25) is 0 Å². The summed E-state index contributed by atoms with van der Waals surface area (Å²) in [7, 11) is 3.95. The number of hydrogen-bond acceptors (Lipinski definition) is 5. The molecule has 5 nitrogen and oxygen atoms in total. The fourth-order valence-corrected chi connectivity index (χ4v) is 3.82. The third-order valence-corrected chi connectivity index (χ3v) is 5.38. The molecule has 0 spiro atoms. The molecule has 6 heteroatoms. The van der Waals surface area contributed by atoms with Gasteiger partial charge in [0, 0.05) is 11.9 Å². The molecule has 0 aliphatic carbocycles. The third-order valence-electron chi connectivity index (χ3n) is 4.34. The molecule has 0 saturated carbocycles. The van der Waals surface area contributed by atoms with Gasteiger partial charge in [0.25, 0.3) is 5.91 Å². The molecule has 0 saturated heterocycles. The molecule has 0 aliphatic rings. The van der Waals surface area contributed by atoms with Gasteiger partial charge in [0.15, 0.2) is 5.01 Å². The van der Waals surface area contributed by atoms with Gasteiger partial charge < -0.3 is 9.73 Å². The van der Waals surface area contributed by atoms with Crippen molar-refractivity contribution in [3.8, 4) is 0 Å². The maximum Gasteiger partial charge on any atom is 0.280 e. The summed E-state index contributed by atoms with van der Waals surface area (Å²) in [6.07, 6.45) is 0. The van der Waals surface area contributed by atoms with Crippen LogP contribution in [0.3, 0.4) is 0 Å². The normalized spacial score (nSPS) is 12.7. The minimum absolute atomic E-state index is 0.0549. The number of amides is 1. The summed E-state index contributed by atoms with van der Waals surface area (Å²) in [5.74, 6) is 0.676.